The highest BCUT2D eigenvalue weighted by Gasteiger charge is 2.08. The van der Waals surface area contributed by atoms with Gasteiger partial charge in [0.1, 0.15) is 0 Å². The zero-order chi connectivity index (χ0) is 11.3. The fourth-order valence-corrected chi connectivity index (χ4v) is 2.14. The van der Waals surface area contributed by atoms with Crippen LogP contribution in [0.15, 0.2) is 40.6 Å². The van der Waals surface area contributed by atoms with Crippen LogP contribution in [0.2, 0.25) is 0 Å². The first-order chi connectivity index (χ1) is 7.06. The molecule has 1 N–H and O–H groups in total. The minimum absolute atomic E-state index is 0.0417. The molecule has 1 aromatic rings. The van der Waals surface area contributed by atoms with E-state index in [0.717, 1.165) is 11.0 Å². The molecular formula is C11H14O3S. The Morgan fingerprint density at radius 3 is 2.40 bits per heavy atom. The van der Waals surface area contributed by atoms with Crippen molar-refractivity contribution in [3.63, 3.8) is 0 Å². The molecule has 0 bridgehead atoms. The molecule has 0 aromatic heterocycles. The summed E-state index contributed by atoms with van der Waals surface area (Å²) >= 11 is 0. The highest BCUT2D eigenvalue weighted by Crippen LogP contribution is 2.13. The van der Waals surface area contributed by atoms with Crippen molar-refractivity contribution in [2.24, 2.45) is 0 Å². The van der Waals surface area contributed by atoms with Gasteiger partial charge in [-0.15, -0.1) is 0 Å². The highest BCUT2D eigenvalue weighted by molar-refractivity contribution is 7.94. The monoisotopic (exact) mass is 226 g/mol. The van der Waals surface area contributed by atoms with Crippen LogP contribution in [0.1, 0.15) is 12.0 Å². The SMILES string of the molecule is Cc1ccc(S(=O)(=O)/C=C/CCO)cc1. The van der Waals surface area contributed by atoms with E-state index in [-0.39, 0.29) is 11.5 Å². The van der Waals surface area contributed by atoms with Crippen LogP contribution < -0.4 is 0 Å². The lowest BCUT2D eigenvalue weighted by molar-refractivity contribution is 0.302. The zero-order valence-electron chi connectivity index (χ0n) is 8.55. The molecule has 0 atom stereocenters. The van der Waals surface area contributed by atoms with Crippen molar-refractivity contribution in [1.82, 2.24) is 0 Å². The Hall–Kier alpha value is -1.13. The summed E-state index contributed by atoms with van der Waals surface area (Å²) in [7, 11) is -3.34. The number of rotatable bonds is 4. The van der Waals surface area contributed by atoms with Gasteiger partial charge in [-0.2, -0.15) is 0 Å². The summed E-state index contributed by atoms with van der Waals surface area (Å²) in [4.78, 5) is 0.280. The molecule has 0 aliphatic carbocycles. The topological polar surface area (TPSA) is 54.4 Å². The molecule has 0 amide bonds. The number of hydrogen-bond acceptors (Lipinski definition) is 3. The first-order valence-corrected chi connectivity index (χ1v) is 6.20. The van der Waals surface area contributed by atoms with E-state index >= 15 is 0 Å². The lowest BCUT2D eigenvalue weighted by atomic mass is 10.2. The van der Waals surface area contributed by atoms with Gasteiger partial charge in [0.2, 0.25) is 0 Å². The quantitative estimate of drug-likeness (QED) is 0.849. The van der Waals surface area contributed by atoms with Gasteiger partial charge in [0.15, 0.2) is 9.84 Å². The van der Waals surface area contributed by atoms with Crippen molar-refractivity contribution < 1.29 is 13.5 Å². The Balaban J connectivity index is 2.91. The minimum Gasteiger partial charge on any atom is -0.396 e. The molecule has 1 aromatic carbocycles. The first-order valence-electron chi connectivity index (χ1n) is 4.65. The summed E-state index contributed by atoms with van der Waals surface area (Å²) in [6.45, 7) is 1.86. The van der Waals surface area contributed by atoms with E-state index in [9.17, 15) is 8.42 Å². The molecule has 15 heavy (non-hydrogen) atoms. The van der Waals surface area contributed by atoms with E-state index in [1.54, 1.807) is 24.3 Å². The lowest BCUT2D eigenvalue weighted by Crippen LogP contribution is -1.96. The van der Waals surface area contributed by atoms with Crippen LogP contribution >= 0.6 is 0 Å². The lowest BCUT2D eigenvalue weighted by Gasteiger charge is -1.99. The molecule has 0 saturated carbocycles. The Labute approximate surface area is 90.0 Å². The van der Waals surface area contributed by atoms with Crippen molar-refractivity contribution in [2.45, 2.75) is 18.2 Å². The molecule has 1 rings (SSSR count). The predicted molar refractivity (Wildman–Crippen MR) is 59.2 cm³/mol. The average molecular weight is 226 g/mol. The summed E-state index contributed by atoms with van der Waals surface area (Å²) in [5, 5.41) is 9.66. The van der Waals surface area contributed by atoms with Crippen molar-refractivity contribution in [3.05, 3.63) is 41.3 Å². The van der Waals surface area contributed by atoms with Crippen molar-refractivity contribution in [1.29, 1.82) is 0 Å². The van der Waals surface area contributed by atoms with Gasteiger partial charge in [-0.3, -0.25) is 0 Å². The molecule has 0 saturated heterocycles. The number of aryl methyl sites for hydroxylation is 1. The molecule has 4 heteroatoms. The standard InChI is InChI=1S/C11H14O3S/c1-10-4-6-11(7-5-10)15(13,14)9-3-2-8-12/h3-7,9,12H,2,8H2,1H3/b9-3+. The van der Waals surface area contributed by atoms with E-state index in [1.807, 2.05) is 6.92 Å². The average Bonchev–Trinajstić information content (AvgIpc) is 2.18. The largest absolute Gasteiger partial charge is 0.396 e. The van der Waals surface area contributed by atoms with Crippen LogP contribution in [0.3, 0.4) is 0 Å². The Bertz CT molecular complexity index is 429. The predicted octanol–water partition coefficient (Wildman–Crippen LogP) is 1.66. The second kappa shape index (κ2) is 5.09. The Kier molecular flexibility index (Phi) is 4.05. The first kappa shape index (κ1) is 11.9. The molecule has 0 unspecified atom stereocenters. The summed E-state index contributed by atoms with van der Waals surface area (Å²) in [5.41, 5.74) is 1.02. The summed E-state index contributed by atoms with van der Waals surface area (Å²) < 4.78 is 23.3. The maximum Gasteiger partial charge on any atom is 0.199 e. The fraction of sp³-hybridized carbons (Fsp3) is 0.273. The van der Waals surface area contributed by atoms with Crippen molar-refractivity contribution in [3.8, 4) is 0 Å². The number of aliphatic hydroxyl groups is 1. The van der Waals surface area contributed by atoms with Gasteiger partial charge in [0.25, 0.3) is 0 Å². The van der Waals surface area contributed by atoms with Gasteiger partial charge in [-0.1, -0.05) is 23.8 Å². The van der Waals surface area contributed by atoms with Gasteiger partial charge in [0, 0.05) is 12.0 Å². The highest BCUT2D eigenvalue weighted by atomic mass is 32.2. The van der Waals surface area contributed by atoms with Crippen LogP contribution in [-0.4, -0.2) is 20.1 Å². The molecule has 82 valence electrons. The number of aliphatic hydroxyl groups excluding tert-OH is 1. The van der Waals surface area contributed by atoms with Crippen LogP contribution in [0, 0.1) is 6.92 Å². The maximum atomic E-state index is 11.6. The molecule has 0 radical (unpaired) electrons. The molecule has 0 fully saturated rings. The van der Waals surface area contributed by atoms with E-state index in [2.05, 4.69) is 0 Å². The van der Waals surface area contributed by atoms with E-state index in [4.69, 9.17) is 5.11 Å². The zero-order valence-corrected chi connectivity index (χ0v) is 9.37. The van der Waals surface area contributed by atoms with E-state index in [1.165, 1.54) is 6.08 Å². The van der Waals surface area contributed by atoms with E-state index in [0.29, 0.717) is 6.42 Å². The molecule has 0 aliphatic rings. The second-order valence-electron chi connectivity index (χ2n) is 3.24. The molecule has 0 aliphatic heterocycles. The van der Waals surface area contributed by atoms with Gasteiger partial charge >= 0.3 is 0 Å². The Morgan fingerprint density at radius 2 is 1.87 bits per heavy atom. The number of sulfone groups is 1. The van der Waals surface area contributed by atoms with Crippen LogP contribution in [0.4, 0.5) is 0 Å². The number of benzene rings is 1. The smallest absolute Gasteiger partial charge is 0.199 e. The molecule has 3 nitrogen and oxygen atoms in total. The van der Waals surface area contributed by atoms with Crippen molar-refractivity contribution >= 4 is 9.84 Å². The van der Waals surface area contributed by atoms with Crippen LogP contribution in [0.25, 0.3) is 0 Å². The second-order valence-corrected chi connectivity index (χ2v) is 5.08. The van der Waals surface area contributed by atoms with Crippen LogP contribution in [-0.2, 0) is 9.84 Å². The third-order valence-corrected chi connectivity index (χ3v) is 3.40. The third kappa shape index (κ3) is 3.49. The van der Waals surface area contributed by atoms with Crippen molar-refractivity contribution in [2.75, 3.05) is 6.61 Å². The fourth-order valence-electron chi connectivity index (χ4n) is 1.08. The normalized spacial score (nSPS) is 12.1. The van der Waals surface area contributed by atoms with E-state index < -0.39 is 9.84 Å². The van der Waals surface area contributed by atoms with Crippen LogP contribution in [0.5, 0.6) is 0 Å². The molecular weight excluding hydrogens is 212 g/mol. The van der Waals surface area contributed by atoms with Gasteiger partial charge in [-0.25, -0.2) is 8.42 Å². The summed E-state index contributed by atoms with van der Waals surface area (Å²) in [6, 6.07) is 6.67. The molecule has 0 spiro atoms. The maximum absolute atomic E-state index is 11.6. The van der Waals surface area contributed by atoms with Gasteiger partial charge in [0.05, 0.1) is 4.90 Å². The van der Waals surface area contributed by atoms with Gasteiger partial charge < -0.3 is 5.11 Å². The Morgan fingerprint density at radius 1 is 1.27 bits per heavy atom. The number of hydrogen-bond donors (Lipinski definition) is 1. The van der Waals surface area contributed by atoms with Gasteiger partial charge in [-0.05, 0) is 25.5 Å². The summed E-state index contributed by atoms with van der Waals surface area (Å²) in [5.74, 6) is 0. The molecule has 0 heterocycles. The third-order valence-electron chi connectivity index (χ3n) is 1.92. The summed E-state index contributed by atoms with van der Waals surface area (Å²) in [6.07, 6.45) is 1.81. The minimum atomic E-state index is -3.34.